The Balaban J connectivity index is 1.50. The number of sulfonamides is 1. The van der Waals surface area contributed by atoms with E-state index in [1.807, 2.05) is 24.8 Å². The molecule has 1 aromatic carbocycles. The molecule has 1 aliphatic heterocycles. The highest BCUT2D eigenvalue weighted by Crippen LogP contribution is 2.40. The number of nitrogens with zero attached hydrogens (tertiary/aromatic N) is 8. The van der Waals surface area contributed by atoms with Crippen molar-refractivity contribution >= 4 is 49.1 Å². The molecule has 0 bridgehead atoms. The molecule has 1 N–H and O–H groups in total. The lowest BCUT2D eigenvalue weighted by atomic mass is 10.0. The third kappa shape index (κ3) is 4.87. The van der Waals surface area contributed by atoms with E-state index in [4.69, 9.17) is 0 Å². The second kappa shape index (κ2) is 10.7. The summed E-state index contributed by atoms with van der Waals surface area (Å²) in [7, 11) is -4.10. The van der Waals surface area contributed by atoms with Gasteiger partial charge in [0.2, 0.25) is 15.2 Å². The van der Waals surface area contributed by atoms with Crippen LogP contribution in [0.5, 0.6) is 0 Å². The standard InChI is InChI=1S/C26H28F3N9O2S2/c1-3-36(4-2)18-7-10-37(12-17(18)27)22-20-16-6-5-15(42(39,40)35-26(13-30)8-9-26)11-19(16)38(23(20)32-14-31-22)25-34-33-24(41-25)21(28)29/h5-6,11,14,17-18,21,35H,3-4,7-10,12H2,1-2H3. The molecular formula is C26H28F3N9O2S2. The Morgan fingerprint density at radius 3 is 2.62 bits per heavy atom. The number of nitrogens with one attached hydrogen (secondary N) is 1. The Morgan fingerprint density at radius 2 is 2.00 bits per heavy atom. The summed E-state index contributed by atoms with van der Waals surface area (Å²) < 4.78 is 72.9. The molecule has 0 spiro atoms. The lowest BCUT2D eigenvalue weighted by Crippen LogP contribution is -2.52. The molecule has 2 atom stereocenters. The number of hydrogen-bond acceptors (Lipinski definition) is 10. The van der Waals surface area contributed by atoms with Crippen LogP contribution in [0, 0.1) is 11.3 Å². The van der Waals surface area contributed by atoms with Crippen LogP contribution in [-0.2, 0) is 10.0 Å². The Morgan fingerprint density at radius 1 is 1.24 bits per heavy atom. The van der Waals surface area contributed by atoms with Crippen LogP contribution in [0.15, 0.2) is 29.4 Å². The van der Waals surface area contributed by atoms with Gasteiger partial charge in [0.1, 0.15) is 23.9 Å². The number of piperidine rings is 1. The van der Waals surface area contributed by atoms with Crippen LogP contribution in [0.3, 0.4) is 0 Å². The van der Waals surface area contributed by atoms with E-state index in [0.717, 1.165) is 13.1 Å². The number of halogens is 3. The van der Waals surface area contributed by atoms with Crippen LogP contribution >= 0.6 is 11.3 Å². The smallest absolute Gasteiger partial charge is 0.291 e. The second-order valence-electron chi connectivity index (χ2n) is 10.5. The first-order chi connectivity index (χ1) is 20.1. The fourth-order valence-electron chi connectivity index (χ4n) is 5.67. The predicted octanol–water partition coefficient (Wildman–Crippen LogP) is 3.96. The van der Waals surface area contributed by atoms with E-state index in [0.29, 0.717) is 64.9 Å². The lowest BCUT2D eigenvalue weighted by molar-refractivity contribution is 0.102. The zero-order valence-electron chi connectivity index (χ0n) is 22.8. The van der Waals surface area contributed by atoms with Crippen molar-refractivity contribution in [2.45, 2.75) is 62.2 Å². The Bertz CT molecular complexity index is 1800. The number of nitriles is 1. The normalized spacial score (nSPS) is 20.6. The minimum absolute atomic E-state index is 0.0664. The fourth-order valence-corrected chi connectivity index (χ4v) is 7.78. The molecule has 2 aliphatic rings. The highest BCUT2D eigenvalue weighted by Gasteiger charge is 2.47. The van der Waals surface area contributed by atoms with E-state index in [-0.39, 0.29) is 22.6 Å². The molecule has 0 radical (unpaired) electrons. The Labute approximate surface area is 244 Å². The minimum Gasteiger partial charge on any atom is -0.353 e. The molecule has 1 saturated heterocycles. The number of aromatic nitrogens is 5. The van der Waals surface area contributed by atoms with Gasteiger partial charge < -0.3 is 4.90 Å². The summed E-state index contributed by atoms with van der Waals surface area (Å²) in [5.74, 6) is 0.457. The third-order valence-electron chi connectivity index (χ3n) is 8.00. The zero-order valence-corrected chi connectivity index (χ0v) is 24.5. The van der Waals surface area contributed by atoms with Gasteiger partial charge in [-0.1, -0.05) is 31.3 Å². The summed E-state index contributed by atoms with van der Waals surface area (Å²) in [5.41, 5.74) is -0.514. The van der Waals surface area contributed by atoms with Gasteiger partial charge in [0.25, 0.3) is 6.43 Å². The van der Waals surface area contributed by atoms with Crippen molar-refractivity contribution in [2.24, 2.45) is 0 Å². The van der Waals surface area contributed by atoms with Gasteiger partial charge in [0.15, 0.2) is 10.7 Å². The number of anilines is 1. The molecular weight excluding hydrogens is 591 g/mol. The van der Waals surface area contributed by atoms with Gasteiger partial charge in [0, 0.05) is 18.0 Å². The SMILES string of the molecule is CCN(CC)C1CCN(c2ncnc3c2c2ccc(S(=O)(=O)NC4(C#N)CC4)cc2n3-c2nnc(C(F)F)s2)CC1F. The van der Waals surface area contributed by atoms with E-state index in [2.05, 4.69) is 29.8 Å². The number of alkyl halides is 3. The zero-order chi connectivity index (χ0) is 29.8. The van der Waals surface area contributed by atoms with Crippen molar-refractivity contribution in [1.29, 1.82) is 5.26 Å². The van der Waals surface area contributed by atoms with Crippen LogP contribution in [0.4, 0.5) is 19.0 Å². The van der Waals surface area contributed by atoms with Crippen molar-refractivity contribution in [3.8, 4) is 11.2 Å². The van der Waals surface area contributed by atoms with Crippen molar-refractivity contribution in [1.82, 2.24) is 34.4 Å². The molecule has 0 amide bonds. The maximum absolute atomic E-state index is 15.5. The molecule has 2 unspecified atom stereocenters. The maximum atomic E-state index is 15.5. The first-order valence-electron chi connectivity index (χ1n) is 13.6. The molecule has 11 nitrogen and oxygen atoms in total. The van der Waals surface area contributed by atoms with Crippen LogP contribution in [-0.4, -0.2) is 82.0 Å². The van der Waals surface area contributed by atoms with Crippen molar-refractivity contribution in [3.63, 3.8) is 0 Å². The van der Waals surface area contributed by atoms with Crippen LogP contribution in [0.25, 0.3) is 27.1 Å². The van der Waals surface area contributed by atoms with E-state index < -0.39 is 33.2 Å². The summed E-state index contributed by atoms with van der Waals surface area (Å²) in [4.78, 5) is 12.8. The molecule has 16 heteroatoms. The molecule has 1 aliphatic carbocycles. The lowest BCUT2D eigenvalue weighted by Gasteiger charge is -2.40. The largest absolute Gasteiger partial charge is 0.353 e. The summed E-state index contributed by atoms with van der Waals surface area (Å²) in [6.45, 7) is 6.12. The van der Waals surface area contributed by atoms with Gasteiger partial charge in [-0.25, -0.2) is 31.6 Å². The van der Waals surface area contributed by atoms with Crippen molar-refractivity contribution < 1.29 is 21.6 Å². The van der Waals surface area contributed by atoms with Crippen LogP contribution in [0.2, 0.25) is 0 Å². The average molecular weight is 620 g/mol. The van der Waals surface area contributed by atoms with Gasteiger partial charge in [0.05, 0.1) is 28.4 Å². The molecule has 4 aromatic rings. The average Bonchev–Trinajstić information content (AvgIpc) is 3.41. The highest BCUT2D eigenvalue weighted by molar-refractivity contribution is 7.89. The Kier molecular flexibility index (Phi) is 7.32. The van der Waals surface area contributed by atoms with Crippen LogP contribution < -0.4 is 9.62 Å². The van der Waals surface area contributed by atoms with E-state index in [1.165, 1.54) is 23.0 Å². The predicted molar refractivity (Wildman–Crippen MR) is 151 cm³/mol. The van der Waals surface area contributed by atoms with Gasteiger partial charge in [-0.2, -0.15) is 9.98 Å². The first kappa shape index (κ1) is 28.7. The van der Waals surface area contributed by atoms with Crippen molar-refractivity contribution in [2.75, 3.05) is 31.1 Å². The molecule has 6 rings (SSSR count). The van der Waals surface area contributed by atoms with Crippen LogP contribution in [0.1, 0.15) is 44.5 Å². The van der Waals surface area contributed by atoms with E-state index in [1.54, 1.807) is 6.07 Å². The highest BCUT2D eigenvalue weighted by atomic mass is 32.2. The summed E-state index contributed by atoms with van der Waals surface area (Å²) in [6.07, 6.45) is -1.27. The number of fused-ring (bicyclic) bond motifs is 3. The molecule has 222 valence electrons. The first-order valence-corrected chi connectivity index (χ1v) is 15.9. The molecule has 3 aromatic heterocycles. The van der Waals surface area contributed by atoms with Gasteiger partial charge >= 0.3 is 0 Å². The Hall–Kier alpha value is -3.39. The third-order valence-corrected chi connectivity index (χ3v) is 10.4. The summed E-state index contributed by atoms with van der Waals surface area (Å²) in [5, 5.41) is 17.6. The van der Waals surface area contributed by atoms with E-state index >= 15 is 4.39 Å². The molecule has 42 heavy (non-hydrogen) atoms. The topological polar surface area (TPSA) is 133 Å². The quantitative estimate of drug-likeness (QED) is 0.296. The monoisotopic (exact) mass is 619 g/mol. The number of benzene rings is 1. The molecule has 1 saturated carbocycles. The van der Waals surface area contributed by atoms with Gasteiger partial charge in [-0.3, -0.25) is 9.47 Å². The van der Waals surface area contributed by atoms with Gasteiger partial charge in [-0.15, -0.1) is 10.2 Å². The molecule has 4 heterocycles. The number of rotatable bonds is 9. The van der Waals surface area contributed by atoms with E-state index in [9.17, 15) is 22.5 Å². The van der Waals surface area contributed by atoms with Crippen molar-refractivity contribution in [3.05, 3.63) is 29.5 Å². The van der Waals surface area contributed by atoms with Gasteiger partial charge in [-0.05, 0) is 44.5 Å². The fraction of sp³-hybridized carbons (Fsp3) is 0.500. The summed E-state index contributed by atoms with van der Waals surface area (Å²) >= 11 is 0.659. The summed E-state index contributed by atoms with van der Waals surface area (Å²) in [6, 6.07) is 6.19. The maximum Gasteiger partial charge on any atom is 0.291 e. The second-order valence-corrected chi connectivity index (χ2v) is 13.1. The minimum atomic E-state index is -4.10. The number of hydrogen-bond donors (Lipinski definition) is 1. The molecule has 2 fully saturated rings.